The lowest BCUT2D eigenvalue weighted by Gasteiger charge is -2.10. The van der Waals surface area contributed by atoms with Gasteiger partial charge in [0.25, 0.3) is 0 Å². The average Bonchev–Trinajstić information content (AvgIpc) is 2.97. The molecule has 0 aliphatic heterocycles. The first-order valence-electron chi connectivity index (χ1n) is 7.25. The van der Waals surface area contributed by atoms with Gasteiger partial charge in [-0.25, -0.2) is 9.31 Å². The molecule has 0 amide bonds. The highest BCUT2D eigenvalue weighted by Gasteiger charge is 2.23. The lowest BCUT2D eigenvalue weighted by molar-refractivity contribution is 0.0600. The van der Waals surface area contributed by atoms with E-state index >= 15 is 0 Å². The Kier molecular flexibility index (Phi) is 3.66. The predicted octanol–water partition coefficient (Wildman–Crippen LogP) is 2.72. The van der Waals surface area contributed by atoms with Crippen LogP contribution in [0.1, 0.15) is 35.8 Å². The number of methoxy groups -OCH3 is 1. The number of carbonyl (C=O) groups excluding carboxylic acids is 1. The molecule has 0 atom stereocenters. The number of ether oxygens (including phenoxy) is 1. The summed E-state index contributed by atoms with van der Waals surface area (Å²) >= 11 is 0. The summed E-state index contributed by atoms with van der Waals surface area (Å²) in [6.45, 7) is 2.08. The first-order valence-corrected chi connectivity index (χ1v) is 7.25. The van der Waals surface area contributed by atoms with Gasteiger partial charge in [-0.3, -0.25) is 0 Å². The highest BCUT2D eigenvalue weighted by atomic mass is 16.5. The molecule has 114 valence electrons. The largest absolute Gasteiger partial charge is 0.505 e. The van der Waals surface area contributed by atoms with Crippen molar-refractivity contribution in [2.24, 2.45) is 0 Å². The van der Waals surface area contributed by atoms with Crippen LogP contribution in [0.25, 0.3) is 16.4 Å². The number of benzene rings is 1. The number of unbranched alkanes of at least 4 members (excludes halogenated alkanes) is 1. The molecule has 22 heavy (non-hydrogen) atoms. The zero-order valence-electron chi connectivity index (χ0n) is 12.5. The van der Waals surface area contributed by atoms with E-state index in [9.17, 15) is 9.90 Å². The van der Waals surface area contributed by atoms with Crippen molar-refractivity contribution in [3.63, 3.8) is 0 Å². The van der Waals surface area contributed by atoms with Crippen LogP contribution < -0.4 is 0 Å². The third-order valence-electron chi connectivity index (χ3n) is 3.76. The quantitative estimate of drug-likeness (QED) is 0.750. The number of esters is 1. The highest BCUT2D eigenvalue weighted by molar-refractivity contribution is 6.08. The van der Waals surface area contributed by atoms with E-state index in [2.05, 4.69) is 17.2 Å². The van der Waals surface area contributed by atoms with Crippen LogP contribution in [0.3, 0.4) is 0 Å². The van der Waals surface area contributed by atoms with Crippen molar-refractivity contribution < 1.29 is 14.6 Å². The monoisotopic (exact) mass is 299 g/mol. The van der Waals surface area contributed by atoms with Gasteiger partial charge in [-0.2, -0.15) is 0 Å². The fourth-order valence-electron chi connectivity index (χ4n) is 2.66. The molecular formula is C16H17N3O3. The second kappa shape index (κ2) is 5.63. The highest BCUT2D eigenvalue weighted by Crippen LogP contribution is 2.33. The van der Waals surface area contributed by atoms with Gasteiger partial charge in [0.1, 0.15) is 11.1 Å². The second-order valence-electron chi connectivity index (χ2n) is 5.13. The molecule has 1 aromatic carbocycles. The maximum Gasteiger partial charge on any atom is 0.342 e. The topological polar surface area (TPSA) is 76.7 Å². The van der Waals surface area contributed by atoms with E-state index < -0.39 is 5.97 Å². The van der Waals surface area contributed by atoms with Crippen LogP contribution in [0.4, 0.5) is 0 Å². The van der Waals surface area contributed by atoms with Crippen LogP contribution >= 0.6 is 0 Å². The summed E-state index contributed by atoms with van der Waals surface area (Å²) in [5, 5.41) is 19.5. The van der Waals surface area contributed by atoms with Gasteiger partial charge >= 0.3 is 5.97 Å². The van der Waals surface area contributed by atoms with Crippen LogP contribution in [0.5, 0.6) is 5.75 Å². The molecule has 0 fully saturated rings. The molecular weight excluding hydrogens is 282 g/mol. The van der Waals surface area contributed by atoms with Crippen LogP contribution in [0.2, 0.25) is 0 Å². The number of carbonyl (C=O) groups is 1. The summed E-state index contributed by atoms with van der Waals surface area (Å²) in [5.74, 6) is -0.694. The average molecular weight is 299 g/mol. The Labute approximate surface area is 127 Å². The number of pyridine rings is 1. The van der Waals surface area contributed by atoms with Gasteiger partial charge in [0.2, 0.25) is 0 Å². The molecule has 6 heteroatoms. The Morgan fingerprint density at radius 2 is 2.14 bits per heavy atom. The Morgan fingerprint density at radius 3 is 2.86 bits per heavy atom. The summed E-state index contributed by atoms with van der Waals surface area (Å²) in [7, 11) is 1.30. The van der Waals surface area contributed by atoms with E-state index in [1.807, 2.05) is 12.1 Å². The third-order valence-corrected chi connectivity index (χ3v) is 3.76. The number of fused-ring (bicyclic) bond motifs is 3. The Balaban J connectivity index is 2.39. The molecule has 1 N–H and O–H groups in total. The number of rotatable bonds is 4. The number of aromatic nitrogens is 3. The van der Waals surface area contributed by atoms with Crippen LogP contribution in [0, 0.1) is 0 Å². The van der Waals surface area contributed by atoms with Crippen molar-refractivity contribution in [2.45, 2.75) is 26.2 Å². The van der Waals surface area contributed by atoms with Crippen LogP contribution in [-0.4, -0.2) is 33.0 Å². The van der Waals surface area contributed by atoms with E-state index in [4.69, 9.17) is 4.74 Å². The Hall–Kier alpha value is -2.63. The van der Waals surface area contributed by atoms with Crippen molar-refractivity contribution in [1.29, 1.82) is 0 Å². The first-order chi connectivity index (χ1) is 10.7. The number of aryl methyl sites for hydroxylation is 1. The molecule has 0 unspecified atom stereocenters. The SMILES string of the molecule is CCCCc1nnn2c1c(O)c(C(=O)OC)c1ccccc12. The first kappa shape index (κ1) is 14.3. The van der Waals surface area contributed by atoms with Gasteiger partial charge in [-0.1, -0.05) is 36.8 Å². The van der Waals surface area contributed by atoms with Crippen molar-refractivity contribution in [2.75, 3.05) is 7.11 Å². The molecule has 0 saturated carbocycles. The summed E-state index contributed by atoms with van der Waals surface area (Å²) in [5.41, 5.74) is 2.04. The number of aromatic hydroxyl groups is 1. The molecule has 6 nitrogen and oxygen atoms in total. The molecule has 0 radical (unpaired) electrons. The lowest BCUT2D eigenvalue weighted by Crippen LogP contribution is -2.06. The molecule has 0 saturated heterocycles. The zero-order valence-corrected chi connectivity index (χ0v) is 12.5. The molecule has 0 aliphatic carbocycles. The van der Waals surface area contributed by atoms with E-state index in [1.165, 1.54) is 7.11 Å². The van der Waals surface area contributed by atoms with Crippen molar-refractivity contribution >= 4 is 22.4 Å². The zero-order chi connectivity index (χ0) is 15.7. The van der Waals surface area contributed by atoms with E-state index in [0.29, 0.717) is 28.5 Å². The van der Waals surface area contributed by atoms with Gasteiger partial charge in [-0.05, 0) is 18.9 Å². The molecule has 3 aromatic rings. The lowest BCUT2D eigenvalue weighted by atomic mass is 10.1. The second-order valence-corrected chi connectivity index (χ2v) is 5.13. The molecule has 3 rings (SSSR count). The number of nitrogens with zero attached hydrogens (tertiary/aromatic N) is 3. The minimum Gasteiger partial charge on any atom is -0.505 e. The minimum atomic E-state index is -0.571. The van der Waals surface area contributed by atoms with Gasteiger partial charge in [0, 0.05) is 5.39 Å². The van der Waals surface area contributed by atoms with Crippen LogP contribution in [0.15, 0.2) is 24.3 Å². The number of hydrogen-bond donors (Lipinski definition) is 1. The van der Waals surface area contributed by atoms with E-state index in [-0.39, 0.29) is 11.3 Å². The fraction of sp³-hybridized carbons (Fsp3) is 0.312. The van der Waals surface area contributed by atoms with Crippen molar-refractivity contribution in [3.05, 3.63) is 35.5 Å². The van der Waals surface area contributed by atoms with E-state index in [0.717, 1.165) is 12.8 Å². The molecule has 2 aromatic heterocycles. The molecule has 0 aliphatic rings. The van der Waals surface area contributed by atoms with Gasteiger partial charge < -0.3 is 9.84 Å². The summed E-state index contributed by atoms with van der Waals surface area (Å²) in [4.78, 5) is 12.1. The van der Waals surface area contributed by atoms with E-state index in [1.54, 1.807) is 16.6 Å². The van der Waals surface area contributed by atoms with Gasteiger partial charge in [0.05, 0.1) is 18.3 Å². The summed E-state index contributed by atoms with van der Waals surface area (Å²) in [6, 6.07) is 7.25. The minimum absolute atomic E-state index is 0.123. The molecule has 2 heterocycles. The maximum atomic E-state index is 12.1. The predicted molar refractivity (Wildman–Crippen MR) is 82.1 cm³/mol. The Morgan fingerprint density at radius 1 is 1.36 bits per heavy atom. The fourth-order valence-corrected chi connectivity index (χ4v) is 2.66. The third kappa shape index (κ3) is 2.07. The van der Waals surface area contributed by atoms with Gasteiger partial charge in [0.15, 0.2) is 5.75 Å². The maximum absolute atomic E-state index is 12.1. The summed E-state index contributed by atoms with van der Waals surface area (Å²) < 4.78 is 6.41. The number of para-hydroxylation sites is 1. The Bertz CT molecular complexity index is 855. The summed E-state index contributed by atoms with van der Waals surface area (Å²) in [6.07, 6.45) is 2.65. The number of hydrogen-bond acceptors (Lipinski definition) is 5. The standard InChI is InChI=1S/C16H17N3O3/c1-3-4-8-11-14-15(20)13(16(21)22-2)10-7-5-6-9-12(10)19(14)18-17-11/h5-7,9,20H,3-4,8H2,1-2H3. The molecule has 0 spiro atoms. The van der Waals surface area contributed by atoms with Crippen LogP contribution in [-0.2, 0) is 11.2 Å². The van der Waals surface area contributed by atoms with Crippen molar-refractivity contribution in [1.82, 2.24) is 14.8 Å². The normalized spacial score (nSPS) is 11.2. The molecule has 0 bridgehead atoms. The van der Waals surface area contributed by atoms with Gasteiger partial charge in [-0.15, -0.1) is 5.10 Å². The van der Waals surface area contributed by atoms with Crippen molar-refractivity contribution in [3.8, 4) is 5.75 Å². The smallest absolute Gasteiger partial charge is 0.342 e.